The monoisotopic (exact) mass is 909 g/mol. The summed E-state index contributed by atoms with van der Waals surface area (Å²) in [5.74, 6) is -0.328. The molecule has 1 aromatic heterocycles. The second kappa shape index (κ2) is 20.5. The normalized spacial score (nSPS) is 20.2. The molecule has 2 fully saturated rings. The van der Waals surface area contributed by atoms with Gasteiger partial charge in [-0.3, -0.25) is 19.2 Å². The van der Waals surface area contributed by atoms with Gasteiger partial charge in [0.15, 0.2) is 0 Å². The highest BCUT2D eigenvalue weighted by Crippen LogP contribution is 2.55. The molecule has 1 saturated heterocycles. The van der Waals surface area contributed by atoms with Crippen molar-refractivity contribution in [3.05, 3.63) is 107 Å². The fourth-order valence-electron chi connectivity index (χ4n) is 8.99. The van der Waals surface area contributed by atoms with E-state index in [-0.39, 0.29) is 56.7 Å². The van der Waals surface area contributed by atoms with Crippen molar-refractivity contribution >= 4 is 35.2 Å². The number of amides is 4. The molecule has 2 aliphatic rings. The number of carbonyl (C=O) groups is 4. The first-order valence-corrected chi connectivity index (χ1v) is 22.3. The van der Waals surface area contributed by atoms with Crippen molar-refractivity contribution in [3.63, 3.8) is 0 Å². The van der Waals surface area contributed by atoms with Gasteiger partial charge in [0, 0.05) is 67.0 Å². The number of β-amino-alcohol motifs (C(OH)–C–C–N with tert-alkyl or cyclic N) is 1. The number of aliphatic hydroxyl groups is 1. The predicted molar refractivity (Wildman–Crippen MR) is 244 cm³/mol. The van der Waals surface area contributed by atoms with E-state index in [9.17, 15) is 29.5 Å². The Labute approximate surface area is 385 Å². The topological polar surface area (TPSA) is 197 Å². The SMILES string of the molecule is CC1(C)C(NC(=O)c2ccc(OCCCCOCC(=O)N[C@H](C(=O)N3C[C@H](O)C[C@H]3C(=O)NCc3ccc(-n4cccn4)cc3)C(C)(C)C)cc2)C(C)(C)C1Oc1ccc(C#N)c(Cl)c1. The van der Waals surface area contributed by atoms with Crippen molar-refractivity contribution in [2.45, 2.75) is 105 Å². The second-order valence-electron chi connectivity index (χ2n) is 19.0. The molecular weight excluding hydrogens is 850 g/mol. The van der Waals surface area contributed by atoms with E-state index in [4.69, 9.17) is 25.8 Å². The lowest BCUT2D eigenvalue weighted by atomic mass is 9.49. The van der Waals surface area contributed by atoms with Gasteiger partial charge in [-0.25, -0.2) is 4.68 Å². The van der Waals surface area contributed by atoms with Crippen LogP contribution in [0.15, 0.2) is 85.2 Å². The standard InChI is InChI=1S/C49H60ClN7O8/c1-47(2,3)41(44(62)56-29-35(58)25-39(56)43(61)52-28-31-11-16-34(17-12-31)57-22-10-21-53-57)54-40(59)30-63-23-8-9-24-64-36-18-13-32(14-19-36)42(60)55-45-48(4,5)46(49(45,6)7)65-37-20-15-33(27-51)38(50)26-37/h10-22,26,35,39,41,45-46,58H,8-9,23-25,28-30H2,1-7H3,(H,52,61)(H,54,59)(H,55,60)/t35-,39+,41-,45?,46?/m1/s1. The van der Waals surface area contributed by atoms with Crippen LogP contribution in [-0.2, 0) is 25.7 Å². The highest BCUT2D eigenvalue weighted by molar-refractivity contribution is 6.31. The summed E-state index contributed by atoms with van der Waals surface area (Å²) in [5.41, 5.74) is 1.12. The molecule has 3 aromatic carbocycles. The Morgan fingerprint density at radius 2 is 1.65 bits per heavy atom. The van der Waals surface area contributed by atoms with Crippen molar-refractivity contribution in [2.75, 3.05) is 26.4 Å². The number of unbranched alkanes of at least 4 members (excludes halogenated alkanes) is 1. The molecule has 0 unspecified atom stereocenters. The van der Waals surface area contributed by atoms with Gasteiger partial charge in [-0.05, 0) is 78.4 Å². The van der Waals surface area contributed by atoms with Crippen LogP contribution in [0.5, 0.6) is 11.5 Å². The van der Waals surface area contributed by atoms with Crippen molar-refractivity contribution in [1.29, 1.82) is 5.26 Å². The van der Waals surface area contributed by atoms with Crippen LogP contribution in [0.1, 0.15) is 89.2 Å². The van der Waals surface area contributed by atoms with E-state index >= 15 is 0 Å². The molecule has 2 heterocycles. The maximum atomic E-state index is 13.9. The van der Waals surface area contributed by atoms with Crippen molar-refractivity contribution in [2.24, 2.45) is 16.2 Å². The molecule has 4 N–H and O–H groups in total. The van der Waals surface area contributed by atoms with Crippen LogP contribution in [0.4, 0.5) is 0 Å². The smallest absolute Gasteiger partial charge is 0.251 e. The molecule has 0 spiro atoms. The van der Waals surface area contributed by atoms with E-state index in [0.29, 0.717) is 47.1 Å². The molecule has 1 aliphatic carbocycles. The summed E-state index contributed by atoms with van der Waals surface area (Å²) in [6, 6.07) is 21.4. The number of carbonyl (C=O) groups excluding carboxylic acids is 4. The highest BCUT2D eigenvalue weighted by Gasteiger charge is 2.64. The number of likely N-dealkylation sites (tertiary alicyclic amines) is 1. The Morgan fingerprint density at radius 3 is 2.28 bits per heavy atom. The minimum atomic E-state index is -0.967. The summed E-state index contributed by atoms with van der Waals surface area (Å²) >= 11 is 6.23. The lowest BCUT2D eigenvalue weighted by Crippen LogP contribution is -2.74. The number of nitrogens with one attached hydrogen (secondary N) is 3. The molecule has 346 valence electrons. The van der Waals surface area contributed by atoms with Crippen LogP contribution in [0.2, 0.25) is 5.02 Å². The number of rotatable bonds is 18. The summed E-state index contributed by atoms with van der Waals surface area (Å²) in [6.07, 6.45) is 3.78. The zero-order chi connectivity index (χ0) is 47.1. The zero-order valence-corrected chi connectivity index (χ0v) is 38.9. The van der Waals surface area contributed by atoms with Gasteiger partial charge in [-0.15, -0.1) is 0 Å². The third kappa shape index (κ3) is 11.7. The zero-order valence-electron chi connectivity index (χ0n) is 38.1. The molecule has 6 rings (SSSR count). The molecule has 1 saturated carbocycles. The van der Waals surface area contributed by atoms with Crippen LogP contribution >= 0.6 is 11.6 Å². The molecule has 1 aliphatic heterocycles. The molecule has 65 heavy (non-hydrogen) atoms. The van der Waals surface area contributed by atoms with Gasteiger partial charge in [0.25, 0.3) is 5.91 Å². The first-order chi connectivity index (χ1) is 30.8. The molecule has 4 aromatic rings. The molecule has 4 amide bonds. The summed E-state index contributed by atoms with van der Waals surface area (Å²) < 4.78 is 19.6. The van der Waals surface area contributed by atoms with Gasteiger partial charge in [0.1, 0.15) is 42.4 Å². The second-order valence-corrected chi connectivity index (χ2v) is 19.4. The first kappa shape index (κ1) is 48.5. The summed E-state index contributed by atoms with van der Waals surface area (Å²) in [7, 11) is 0. The number of hydrogen-bond donors (Lipinski definition) is 4. The van der Waals surface area contributed by atoms with Crippen molar-refractivity contribution in [1.82, 2.24) is 30.6 Å². The third-order valence-electron chi connectivity index (χ3n) is 12.2. The third-order valence-corrected chi connectivity index (χ3v) is 12.5. The Balaban J connectivity index is 0.893. The fraction of sp³-hybridized carbons (Fsp3) is 0.469. The number of ether oxygens (including phenoxy) is 3. The average Bonchev–Trinajstić information content (AvgIpc) is 3.96. The average molecular weight is 911 g/mol. The number of aliphatic hydroxyl groups excluding tert-OH is 1. The van der Waals surface area contributed by atoms with Crippen LogP contribution in [0.3, 0.4) is 0 Å². The number of nitriles is 1. The van der Waals surface area contributed by atoms with Gasteiger partial charge < -0.3 is 40.2 Å². The largest absolute Gasteiger partial charge is 0.494 e. The van der Waals surface area contributed by atoms with E-state index in [2.05, 4.69) is 54.8 Å². The first-order valence-electron chi connectivity index (χ1n) is 21.9. The van der Waals surface area contributed by atoms with Gasteiger partial charge >= 0.3 is 0 Å². The quantitative estimate of drug-likeness (QED) is 0.0861. The van der Waals surface area contributed by atoms with Gasteiger partial charge in [-0.1, -0.05) is 72.2 Å². The highest BCUT2D eigenvalue weighted by atomic mass is 35.5. The van der Waals surface area contributed by atoms with Gasteiger partial charge in [0.2, 0.25) is 17.7 Å². The summed E-state index contributed by atoms with van der Waals surface area (Å²) in [4.78, 5) is 55.1. The molecule has 0 radical (unpaired) electrons. The van der Waals surface area contributed by atoms with E-state index in [1.165, 1.54) is 4.90 Å². The van der Waals surface area contributed by atoms with Crippen LogP contribution < -0.4 is 25.4 Å². The Bertz CT molecular complexity index is 2320. The molecule has 16 heteroatoms. The van der Waals surface area contributed by atoms with Gasteiger partial charge in [-0.2, -0.15) is 10.4 Å². The number of aromatic nitrogens is 2. The van der Waals surface area contributed by atoms with E-state index < -0.39 is 46.2 Å². The van der Waals surface area contributed by atoms with Crippen LogP contribution in [-0.4, -0.2) is 100 Å². The number of nitrogens with zero attached hydrogens (tertiary/aromatic N) is 4. The molecule has 0 bridgehead atoms. The van der Waals surface area contributed by atoms with Crippen LogP contribution in [0.25, 0.3) is 5.69 Å². The summed E-state index contributed by atoms with van der Waals surface area (Å²) in [5, 5.41) is 33.2. The lowest BCUT2D eigenvalue weighted by Gasteiger charge is -2.63. The number of halogens is 1. The van der Waals surface area contributed by atoms with Crippen molar-refractivity contribution in [3.8, 4) is 23.3 Å². The van der Waals surface area contributed by atoms with Crippen molar-refractivity contribution < 1.29 is 38.5 Å². The molecule has 15 nitrogen and oxygen atoms in total. The van der Waals surface area contributed by atoms with E-state index in [1.807, 2.05) is 57.3 Å². The number of benzene rings is 3. The Kier molecular flexibility index (Phi) is 15.3. The fourth-order valence-corrected chi connectivity index (χ4v) is 9.20. The number of hydrogen-bond acceptors (Lipinski definition) is 10. The minimum Gasteiger partial charge on any atom is -0.494 e. The van der Waals surface area contributed by atoms with Gasteiger partial charge in [0.05, 0.1) is 29.0 Å². The van der Waals surface area contributed by atoms with Crippen LogP contribution in [0, 0.1) is 27.6 Å². The molecular formula is C49H60ClN7O8. The molecule has 3 atom stereocenters. The maximum Gasteiger partial charge on any atom is 0.251 e. The lowest BCUT2D eigenvalue weighted by molar-refractivity contribution is -0.164. The minimum absolute atomic E-state index is 0.0233. The maximum absolute atomic E-state index is 13.9. The van der Waals surface area contributed by atoms with E-state index in [1.54, 1.807) is 53.3 Å². The predicted octanol–water partition coefficient (Wildman–Crippen LogP) is 5.99. The Hall–Kier alpha value is -5.95. The summed E-state index contributed by atoms with van der Waals surface area (Å²) in [6.45, 7) is 14.3. The van der Waals surface area contributed by atoms with E-state index in [0.717, 1.165) is 11.3 Å². The Morgan fingerprint density at radius 1 is 0.969 bits per heavy atom.